The van der Waals surface area contributed by atoms with E-state index in [0.717, 1.165) is 6.04 Å². The first-order chi connectivity index (χ1) is 5.36. The second-order valence-electron chi connectivity index (χ2n) is 3.85. The fourth-order valence-corrected chi connectivity index (χ4v) is 2.23. The molecule has 0 bridgehead atoms. The Morgan fingerprint density at radius 3 is 2.09 bits per heavy atom. The molecule has 0 aromatic heterocycles. The number of likely N-dealkylation sites (tertiary alicyclic amines) is 1. The highest BCUT2D eigenvalue weighted by molar-refractivity contribution is 7.80. The van der Waals surface area contributed by atoms with Crippen molar-refractivity contribution in [3.05, 3.63) is 0 Å². The van der Waals surface area contributed by atoms with Gasteiger partial charge in [0.05, 0.1) is 0 Å². The minimum Gasteiger partial charge on any atom is -0.300 e. The van der Waals surface area contributed by atoms with Crippen molar-refractivity contribution in [3.63, 3.8) is 0 Å². The topological polar surface area (TPSA) is 3.24 Å². The van der Waals surface area contributed by atoms with Crippen molar-refractivity contribution in [3.8, 4) is 0 Å². The zero-order valence-electron chi connectivity index (χ0n) is 7.00. The fraction of sp³-hybridized carbons (Fsp3) is 1.00. The first kappa shape index (κ1) is 7.93. The van der Waals surface area contributed by atoms with Crippen LogP contribution in [0.3, 0.4) is 0 Å². The van der Waals surface area contributed by atoms with Crippen molar-refractivity contribution in [2.24, 2.45) is 0 Å². The minimum absolute atomic E-state index is 0.686. The molecular weight excluding hydrogens is 154 g/mol. The van der Waals surface area contributed by atoms with E-state index in [4.69, 9.17) is 0 Å². The molecule has 2 aliphatic rings. The smallest absolute Gasteiger partial charge is 0.00952 e. The third-order valence-corrected chi connectivity index (χ3v) is 3.61. The second kappa shape index (κ2) is 3.36. The van der Waals surface area contributed by atoms with Crippen LogP contribution in [-0.2, 0) is 0 Å². The molecule has 2 rings (SSSR count). The Morgan fingerprint density at radius 2 is 1.64 bits per heavy atom. The summed E-state index contributed by atoms with van der Waals surface area (Å²) in [6, 6.07) is 0.954. The number of rotatable bonds is 1. The molecule has 1 saturated heterocycles. The summed E-state index contributed by atoms with van der Waals surface area (Å²) in [4.78, 5) is 2.66. The van der Waals surface area contributed by atoms with Gasteiger partial charge < -0.3 is 4.90 Å². The van der Waals surface area contributed by atoms with Crippen LogP contribution in [0.5, 0.6) is 0 Å². The summed E-state index contributed by atoms with van der Waals surface area (Å²) in [6.45, 7) is 2.61. The van der Waals surface area contributed by atoms with Gasteiger partial charge in [-0.15, -0.1) is 0 Å². The van der Waals surface area contributed by atoms with E-state index in [1.54, 1.807) is 0 Å². The SMILES string of the molecule is SC1CCN(C2CCC2)CC1. The summed E-state index contributed by atoms with van der Waals surface area (Å²) in [7, 11) is 0. The summed E-state index contributed by atoms with van der Waals surface area (Å²) in [6.07, 6.45) is 6.99. The molecule has 11 heavy (non-hydrogen) atoms. The van der Waals surface area contributed by atoms with Crippen LogP contribution >= 0.6 is 12.6 Å². The van der Waals surface area contributed by atoms with Crippen molar-refractivity contribution in [2.45, 2.75) is 43.4 Å². The fourth-order valence-electron chi connectivity index (χ4n) is 2.00. The van der Waals surface area contributed by atoms with Gasteiger partial charge in [-0.2, -0.15) is 12.6 Å². The molecular formula is C9H17NS. The van der Waals surface area contributed by atoms with Crippen LogP contribution < -0.4 is 0 Å². The van der Waals surface area contributed by atoms with Gasteiger partial charge in [-0.3, -0.25) is 0 Å². The zero-order chi connectivity index (χ0) is 7.68. The predicted octanol–water partition coefficient (Wildman–Crippen LogP) is 1.93. The van der Waals surface area contributed by atoms with Gasteiger partial charge in [0, 0.05) is 11.3 Å². The van der Waals surface area contributed by atoms with Gasteiger partial charge in [0.15, 0.2) is 0 Å². The maximum Gasteiger partial charge on any atom is 0.00952 e. The zero-order valence-corrected chi connectivity index (χ0v) is 7.89. The van der Waals surface area contributed by atoms with Crippen molar-refractivity contribution in [1.29, 1.82) is 0 Å². The van der Waals surface area contributed by atoms with E-state index in [0.29, 0.717) is 5.25 Å². The molecule has 0 amide bonds. The van der Waals surface area contributed by atoms with E-state index in [2.05, 4.69) is 17.5 Å². The van der Waals surface area contributed by atoms with Gasteiger partial charge in [-0.05, 0) is 38.8 Å². The van der Waals surface area contributed by atoms with E-state index in [1.165, 1.54) is 45.2 Å². The molecule has 1 nitrogen and oxygen atoms in total. The van der Waals surface area contributed by atoms with Crippen LogP contribution in [0, 0.1) is 0 Å². The Morgan fingerprint density at radius 1 is 1.00 bits per heavy atom. The molecule has 2 heteroatoms. The molecule has 1 saturated carbocycles. The first-order valence-corrected chi connectivity index (χ1v) is 5.30. The lowest BCUT2D eigenvalue weighted by molar-refractivity contribution is 0.107. The van der Waals surface area contributed by atoms with Crippen LogP contribution in [0.2, 0.25) is 0 Å². The lowest BCUT2D eigenvalue weighted by atomic mass is 9.90. The molecule has 0 atom stereocenters. The van der Waals surface area contributed by atoms with Gasteiger partial charge in [0.25, 0.3) is 0 Å². The Balaban J connectivity index is 1.77. The third-order valence-electron chi connectivity index (χ3n) is 3.09. The Hall–Kier alpha value is 0.310. The van der Waals surface area contributed by atoms with Gasteiger partial charge in [-0.25, -0.2) is 0 Å². The molecule has 0 unspecified atom stereocenters. The minimum atomic E-state index is 0.686. The number of piperidine rings is 1. The van der Waals surface area contributed by atoms with Crippen molar-refractivity contribution in [1.82, 2.24) is 4.90 Å². The van der Waals surface area contributed by atoms with E-state index < -0.39 is 0 Å². The summed E-state index contributed by atoms with van der Waals surface area (Å²) < 4.78 is 0. The summed E-state index contributed by atoms with van der Waals surface area (Å²) >= 11 is 4.49. The largest absolute Gasteiger partial charge is 0.300 e. The van der Waals surface area contributed by atoms with E-state index in [1.807, 2.05) is 0 Å². The monoisotopic (exact) mass is 171 g/mol. The molecule has 0 aromatic rings. The number of nitrogens with zero attached hydrogens (tertiary/aromatic N) is 1. The molecule has 1 aliphatic heterocycles. The number of thiol groups is 1. The highest BCUT2D eigenvalue weighted by Crippen LogP contribution is 2.28. The average Bonchev–Trinajstić information content (AvgIpc) is 1.90. The highest BCUT2D eigenvalue weighted by atomic mass is 32.1. The predicted molar refractivity (Wildman–Crippen MR) is 51.2 cm³/mol. The normalized spacial score (nSPS) is 30.3. The van der Waals surface area contributed by atoms with Gasteiger partial charge in [0.2, 0.25) is 0 Å². The number of hydrogen-bond acceptors (Lipinski definition) is 2. The summed E-state index contributed by atoms with van der Waals surface area (Å²) in [5, 5.41) is 0.686. The number of hydrogen-bond donors (Lipinski definition) is 1. The van der Waals surface area contributed by atoms with E-state index >= 15 is 0 Å². The average molecular weight is 171 g/mol. The van der Waals surface area contributed by atoms with Crippen LogP contribution in [0.25, 0.3) is 0 Å². The van der Waals surface area contributed by atoms with E-state index in [-0.39, 0.29) is 0 Å². The van der Waals surface area contributed by atoms with E-state index in [9.17, 15) is 0 Å². The molecule has 0 radical (unpaired) electrons. The first-order valence-electron chi connectivity index (χ1n) is 4.78. The van der Waals surface area contributed by atoms with Gasteiger partial charge in [0.1, 0.15) is 0 Å². The maximum absolute atomic E-state index is 4.49. The molecule has 0 aromatic carbocycles. The van der Waals surface area contributed by atoms with Crippen LogP contribution in [-0.4, -0.2) is 29.3 Å². The van der Waals surface area contributed by atoms with Gasteiger partial charge >= 0.3 is 0 Å². The van der Waals surface area contributed by atoms with Crippen molar-refractivity contribution < 1.29 is 0 Å². The quantitative estimate of drug-likeness (QED) is 0.590. The maximum atomic E-state index is 4.49. The Kier molecular flexibility index (Phi) is 2.42. The van der Waals surface area contributed by atoms with Crippen LogP contribution in [0.1, 0.15) is 32.1 Å². The standard InChI is InChI=1S/C9H17NS/c11-9-4-6-10(7-5-9)8-2-1-3-8/h8-9,11H,1-7H2. The Bertz CT molecular complexity index is 126. The van der Waals surface area contributed by atoms with Crippen LogP contribution in [0.15, 0.2) is 0 Å². The molecule has 1 aliphatic carbocycles. The van der Waals surface area contributed by atoms with Crippen LogP contribution in [0.4, 0.5) is 0 Å². The Labute approximate surface area is 74.6 Å². The molecule has 0 N–H and O–H groups in total. The summed E-state index contributed by atoms with van der Waals surface area (Å²) in [5.41, 5.74) is 0. The molecule has 2 fully saturated rings. The van der Waals surface area contributed by atoms with Crippen molar-refractivity contribution >= 4 is 12.6 Å². The molecule has 0 spiro atoms. The lowest BCUT2D eigenvalue weighted by Gasteiger charge is -2.41. The summed E-state index contributed by atoms with van der Waals surface area (Å²) in [5.74, 6) is 0. The lowest BCUT2D eigenvalue weighted by Crippen LogP contribution is -2.45. The molecule has 1 heterocycles. The third kappa shape index (κ3) is 1.73. The highest BCUT2D eigenvalue weighted by Gasteiger charge is 2.27. The van der Waals surface area contributed by atoms with Crippen molar-refractivity contribution in [2.75, 3.05) is 13.1 Å². The molecule has 64 valence electrons. The second-order valence-corrected chi connectivity index (χ2v) is 4.58. The van der Waals surface area contributed by atoms with Gasteiger partial charge in [-0.1, -0.05) is 6.42 Å².